The number of hydrogen-bond acceptors (Lipinski definition) is 7. The minimum Gasteiger partial charge on any atom is -0.493 e. The number of fused-ring (bicyclic) bond motifs is 1. The molecule has 2 N–H and O–H groups in total. The minimum absolute atomic E-state index is 0.0402. The summed E-state index contributed by atoms with van der Waals surface area (Å²) in [6, 6.07) is 0. The monoisotopic (exact) mass is 348 g/mol. The average molecular weight is 349 g/mol. The van der Waals surface area contributed by atoms with Crippen molar-refractivity contribution in [2.75, 3.05) is 12.3 Å². The van der Waals surface area contributed by atoms with E-state index in [1.54, 1.807) is 6.20 Å². The van der Waals surface area contributed by atoms with Crippen molar-refractivity contribution in [1.29, 1.82) is 0 Å². The molecule has 126 valence electrons. The molecule has 0 unspecified atom stereocenters. The quantitative estimate of drug-likeness (QED) is 0.707. The summed E-state index contributed by atoms with van der Waals surface area (Å²) in [5.41, 5.74) is 8.14. The van der Waals surface area contributed by atoms with Gasteiger partial charge in [-0.3, -0.25) is 0 Å². The number of nitrogens with two attached hydrogens (primary N) is 1. The maximum atomic E-state index is 6.01. The molecular formula is C15H17ClN6O2. The van der Waals surface area contributed by atoms with Crippen molar-refractivity contribution in [2.24, 2.45) is 0 Å². The lowest BCUT2D eigenvalue weighted by Crippen LogP contribution is -2.09. The number of imidazole rings is 1. The van der Waals surface area contributed by atoms with Gasteiger partial charge < -0.3 is 15.3 Å². The van der Waals surface area contributed by atoms with Gasteiger partial charge >= 0.3 is 0 Å². The van der Waals surface area contributed by atoms with E-state index >= 15 is 0 Å². The lowest BCUT2D eigenvalue weighted by Gasteiger charge is -2.14. The van der Waals surface area contributed by atoms with Crippen LogP contribution < -0.4 is 15.3 Å². The molecule has 0 spiro atoms. The van der Waals surface area contributed by atoms with E-state index < -0.39 is 0 Å². The van der Waals surface area contributed by atoms with Crippen LogP contribution in [0.2, 0.25) is 5.15 Å². The number of nitrogen functional groups attached to an aromatic ring is 1. The van der Waals surface area contributed by atoms with E-state index in [9.17, 15) is 0 Å². The molecule has 0 aliphatic rings. The highest BCUT2D eigenvalue weighted by molar-refractivity contribution is 6.33. The van der Waals surface area contributed by atoms with E-state index in [4.69, 9.17) is 26.9 Å². The van der Waals surface area contributed by atoms with Crippen LogP contribution in [0.4, 0.5) is 5.95 Å². The zero-order valence-corrected chi connectivity index (χ0v) is 14.3. The van der Waals surface area contributed by atoms with E-state index in [2.05, 4.69) is 26.9 Å². The Bertz CT molecular complexity index is 895. The van der Waals surface area contributed by atoms with Gasteiger partial charge in [0.2, 0.25) is 11.6 Å². The maximum absolute atomic E-state index is 6.01. The molecule has 0 atom stereocenters. The second-order valence-corrected chi connectivity index (χ2v) is 5.61. The third kappa shape index (κ3) is 2.92. The van der Waals surface area contributed by atoms with Crippen molar-refractivity contribution in [1.82, 2.24) is 24.7 Å². The van der Waals surface area contributed by atoms with E-state index in [0.29, 0.717) is 23.7 Å². The molecule has 3 rings (SSSR count). The summed E-state index contributed by atoms with van der Waals surface area (Å²) >= 11 is 6.01. The van der Waals surface area contributed by atoms with Crippen molar-refractivity contribution in [3.8, 4) is 11.6 Å². The predicted octanol–water partition coefficient (Wildman–Crippen LogP) is 2.70. The number of halogens is 1. The number of aromatic nitrogens is 5. The Kier molecular flexibility index (Phi) is 4.39. The van der Waals surface area contributed by atoms with Gasteiger partial charge in [0, 0.05) is 11.8 Å². The first kappa shape index (κ1) is 16.3. The normalized spacial score (nSPS) is 11.0. The smallest absolute Gasteiger partial charge is 0.253 e. The van der Waals surface area contributed by atoms with E-state index in [1.165, 1.54) is 11.1 Å². The topological polar surface area (TPSA) is 101 Å². The highest BCUT2D eigenvalue weighted by atomic mass is 35.5. The second-order valence-electron chi connectivity index (χ2n) is 5.26. The lowest BCUT2D eigenvalue weighted by atomic mass is 10.2. The highest BCUT2D eigenvalue weighted by Gasteiger charge is 2.16. The Morgan fingerprint density at radius 1 is 1.25 bits per heavy atom. The minimum atomic E-state index is 0.0402. The number of ether oxygens (including phenoxy) is 1. The summed E-state index contributed by atoms with van der Waals surface area (Å²) in [6.07, 6.45) is 4.05. The molecule has 0 radical (unpaired) electrons. The van der Waals surface area contributed by atoms with Gasteiger partial charge in [0.15, 0.2) is 5.15 Å². The Morgan fingerprint density at radius 2 is 2.04 bits per heavy atom. The summed E-state index contributed by atoms with van der Waals surface area (Å²) in [5.74, 6) is 1.19. The van der Waals surface area contributed by atoms with Crippen molar-refractivity contribution in [2.45, 2.75) is 27.2 Å². The molecule has 3 aromatic heterocycles. The molecule has 0 aromatic carbocycles. The summed E-state index contributed by atoms with van der Waals surface area (Å²) < 4.78 is 7.15. The molecule has 0 saturated carbocycles. The first-order valence-electron chi connectivity index (χ1n) is 7.44. The fourth-order valence-corrected chi connectivity index (χ4v) is 2.46. The van der Waals surface area contributed by atoms with E-state index in [-0.39, 0.29) is 11.1 Å². The molecule has 0 aliphatic heterocycles. The number of anilines is 1. The molecule has 0 bridgehead atoms. The molecule has 3 heterocycles. The first-order valence-corrected chi connectivity index (χ1v) is 7.82. The van der Waals surface area contributed by atoms with E-state index in [0.717, 1.165) is 23.3 Å². The standard InChI is InChI=1S/C15H17ClN6O2/c1-4-5-23-11-8(2)6-18-14(9(11)3)24-22-7-19-10-12(16)20-15(17)21-13(10)22/h6-7H,4-5H2,1-3H3,(H2,17,20,21). The van der Waals surface area contributed by atoms with Gasteiger partial charge in [-0.2, -0.15) is 9.97 Å². The summed E-state index contributed by atoms with van der Waals surface area (Å²) in [5, 5.41) is 0.167. The SMILES string of the molecule is CCCOc1c(C)cnc(On2cnc3c(Cl)nc(N)nc32)c1C. The van der Waals surface area contributed by atoms with Gasteiger partial charge in [-0.05, 0) is 20.3 Å². The van der Waals surface area contributed by atoms with E-state index in [1.807, 2.05) is 13.8 Å². The van der Waals surface area contributed by atoms with Crippen LogP contribution in [-0.4, -0.2) is 31.3 Å². The summed E-state index contributed by atoms with van der Waals surface area (Å²) in [4.78, 5) is 22.2. The fraction of sp³-hybridized carbons (Fsp3) is 0.333. The Morgan fingerprint density at radius 3 is 2.79 bits per heavy atom. The van der Waals surface area contributed by atoms with Crippen LogP contribution in [0.3, 0.4) is 0 Å². The van der Waals surface area contributed by atoms with Crippen molar-refractivity contribution < 1.29 is 9.57 Å². The van der Waals surface area contributed by atoms with Crippen molar-refractivity contribution in [3.05, 3.63) is 28.8 Å². The third-order valence-electron chi connectivity index (χ3n) is 3.37. The molecule has 8 nitrogen and oxygen atoms in total. The fourth-order valence-electron chi connectivity index (χ4n) is 2.24. The Balaban J connectivity index is 2.00. The van der Waals surface area contributed by atoms with Crippen molar-refractivity contribution >= 4 is 28.7 Å². The zero-order chi connectivity index (χ0) is 17.3. The second kappa shape index (κ2) is 6.48. The largest absolute Gasteiger partial charge is 0.493 e. The summed E-state index contributed by atoms with van der Waals surface area (Å²) in [6.45, 7) is 6.50. The number of rotatable bonds is 5. The van der Waals surface area contributed by atoms with Crippen LogP contribution >= 0.6 is 11.6 Å². The number of aryl methyl sites for hydroxylation is 1. The van der Waals surface area contributed by atoms with Crippen LogP contribution in [0.5, 0.6) is 11.6 Å². The lowest BCUT2D eigenvalue weighted by molar-refractivity contribution is 0.211. The average Bonchev–Trinajstić information content (AvgIpc) is 2.93. The van der Waals surface area contributed by atoms with Gasteiger partial charge in [0.05, 0.1) is 12.2 Å². The number of nitrogens with zero attached hydrogens (tertiary/aromatic N) is 5. The third-order valence-corrected chi connectivity index (χ3v) is 3.63. The van der Waals surface area contributed by atoms with Crippen LogP contribution in [0, 0.1) is 13.8 Å². The molecule has 0 fully saturated rings. The van der Waals surface area contributed by atoms with Gasteiger partial charge in [0.25, 0.3) is 5.88 Å². The molecule has 0 aliphatic carbocycles. The van der Waals surface area contributed by atoms with Crippen LogP contribution in [0.1, 0.15) is 24.5 Å². The molecule has 9 heteroatoms. The van der Waals surface area contributed by atoms with Crippen LogP contribution in [-0.2, 0) is 0 Å². The molecule has 0 saturated heterocycles. The summed E-state index contributed by atoms with van der Waals surface area (Å²) in [7, 11) is 0. The van der Waals surface area contributed by atoms with Gasteiger partial charge in [-0.1, -0.05) is 18.5 Å². The highest BCUT2D eigenvalue weighted by Crippen LogP contribution is 2.30. The molecule has 24 heavy (non-hydrogen) atoms. The first-order chi connectivity index (χ1) is 11.5. The van der Waals surface area contributed by atoms with Gasteiger partial charge in [0.1, 0.15) is 17.6 Å². The predicted molar refractivity (Wildman–Crippen MR) is 90.3 cm³/mol. The number of hydrogen-bond donors (Lipinski definition) is 1. The van der Waals surface area contributed by atoms with Gasteiger partial charge in [-0.25, -0.2) is 9.97 Å². The molecule has 0 amide bonds. The molecular weight excluding hydrogens is 332 g/mol. The molecule has 3 aromatic rings. The van der Waals surface area contributed by atoms with Crippen LogP contribution in [0.15, 0.2) is 12.5 Å². The van der Waals surface area contributed by atoms with Gasteiger partial charge in [-0.15, -0.1) is 4.73 Å². The number of pyridine rings is 1. The maximum Gasteiger partial charge on any atom is 0.253 e. The zero-order valence-electron chi connectivity index (χ0n) is 13.6. The van der Waals surface area contributed by atoms with Crippen molar-refractivity contribution in [3.63, 3.8) is 0 Å². The Hall–Kier alpha value is -2.61. The Labute approximate surface area is 143 Å². The van der Waals surface area contributed by atoms with Crippen LogP contribution in [0.25, 0.3) is 11.2 Å².